The van der Waals surface area contributed by atoms with Gasteiger partial charge in [0, 0.05) is 36.7 Å². The summed E-state index contributed by atoms with van der Waals surface area (Å²) in [6, 6.07) is -0.427. The van der Waals surface area contributed by atoms with Gasteiger partial charge in [0.1, 0.15) is 0 Å². The van der Waals surface area contributed by atoms with Crippen molar-refractivity contribution in [2.45, 2.75) is 56.5 Å². The molecule has 0 radical (unpaired) electrons. The summed E-state index contributed by atoms with van der Waals surface area (Å²) < 4.78 is 17.9. The van der Waals surface area contributed by atoms with Gasteiger partial charge in [0.25, 0.3) is 0 Å². The molecule has 4 rings (SSSR count). The van der Waals surface area contributed by atoms with E-state index in [1.165, 1.54) is 0 Å². The summed E-state index contributed by atoms with van der Waals surface area (Å²) in [5, 5.41) is 11.3. The molecule has 4 aliphatic rings. The quantitative estimate of drug-likeness (QED) is 0.578. The second kappa shape index (κ2) is 5.42. The van der Waals surface area contributed by atoms with Crippen LogP contribution in [-0.2, 0) is 14.2 Å². The summed E-state index contributed by atoms with van der Waals surface area (Å²) in [4.78, 5) is 11.2. The Bertz CT molecular complexity index is 450. The van der Waals surface area contributed by atoms with Crippen LogP contribution in [0.3, 0.4) is 0 Å². The summed E-state index contributed by atoms with van der Waals surface area (Å²) in [6.07, 6.45) is 5.75. The number of hydrogen-bond donors (Lipinski definition) is 0. The van der Waals surface area contributed by atoms with E-state index in [4.69, 9.17) is 14.2 Å². The molecule has 124 valence electrons. The first kappa shape index (κ1) is 14.8. The zero-order chi connectivity index (χ0) is 15.3. The molecule has 3 aliphatic carbocycles. The molecule has 0 bridgehead atoms. The van der Waals surface area contributed by atoms with Crippen LogP contribution in [0.5, 0.6) is 0 Å². The van der Waals surface area contributed by atoms with Gasteiger partial charge >= 0.3 is 0 Å². The van der Waals surface area contributed by atoms with Crippen molar-refractivity contribution in [1.29, 1.82) is 0 Å². The lowest BCUT2D eigenvalue weighted by atomic mass is 9.72. The first-order valence-electron chi connectivity index (χ1n) is 8.60. The van der Waals surface area contributed by atoms with Crippen molar-refractivity contribution in [2.75, 3.05) is 20.3 Å². The van der Waals surface area contributed by atoms with Gasteiger partial charge in [0.2, 0.25) is 6.04 Å². The first-order chi connectivity index (χ1) is 10.7. The van der Waals surface area contributed by atoms with Crippen LogP contribution in [-0.4, -0.2) is 43.2 Å². The van der Waals surface area contributed by atoms with E-state index in [9.17, 15) is 10.1 Å². The molecule has 22 heavy (non-hydrogen) atoms. The van der Waals surface area contributed by atoms with Gasteiger partial charge in [-0.15, -0.1) is 0 Å². The van der Waals surface area contributed by atoms with E-state index in [1.807, 2.05) is 0 Å². The predicted molar refractivity (Wildman–Crippen MR) is 77.9 cm³/mol. The van der Waals surface area contributed by atoms with Crippen molar-refractivity contribution >= 4 is 0 Å². The average molecular weight is 311 g/mol. The van der Waals surface area contributed by atoms with Crippen molar-refractivity contribution in [1.82, 2.24) is 0 Å². The van der Waals surface area contributed by atoms with Crippen LogP contribution in [0.25, 0.3) is 0 Å². The number of nitrogens with zero attached hydrogens (tertiary/aromatic N) is 1. The Morgan fingerprint density at radius 1 is 1.05 bits per heavy atom. The lowest BCUT2D eigenvalue weighted by molar-refractivity contribution is -0.530. The topological polar surface area (TPSA) is 70.8 Å². The number of hydrogen-bond acceptors (Lipinski definition) is 5. The maximum absolute atomic E-state index is 11.3. The zero-order valence-corrected chi connectivity index (χ0v) is 13.1. The van der Waals surface area contributed by atoms with Gasteiger partial charge < -0.3 is 14.2 Å². The molecule has 6 unspecified atom stereocenters. The average Bonchev–Trinajstić information content (AvgIpc) is 3.13. The molecular formula is C16H25NO5. The summed E-state index contributed by atoms with van der Waals surface area (Å²) >= 11 is 0. The highest BCUT2D eigenvalue weighted by atomic mass is 16.7. The smallest absolute Gasteiger partial charge is 0.213 e. The molecule has 0 amide bonds. The van der Waals surface area contributed by atoms with Crippen molar-refractivity contribution in [3.63, 3.8) is 0 Å². The Balaban J connectivity index is 1.65. The van der Waals surface area contributed by atoms with Crippen molar-refractivity contribution in [3.8, 4) is 0 Å². The van der Waals surface area contributed by atoms with Gasteiger partial charge in [-0.1, -0.05) is 0 Å². The summed E-state index contributed by atoms with van der Waals surface area (Å²) in [5.74, 6) is 1.07. The minimum Gasteiger partial charge on any atom is -0.381 e. The molecule has 0 aromatic heterocycles. The summed E-state index contributed by atoms with van der Waals surface area (Å²) in [6.45, 7) is 1.24. The largest absolute Gasteiger partial charge is 0.381 e. The maximum atomic E-state index is 11.3. The Morgan fingerprint density at radius 2 is 1.68 bits per heavy atom. The van der Waals surface area contributed by atoms with E-state index < -0.39 is 11.8 Å². The Hall–Kier alpha value is -0.720. The van der Waals surface area contributed by atoms with E-state index in [0.29, 0.717) is 43.8 Å². The van der Waals surface area contributed by atoms with Crippen LogP contribution < -0.4 is 0 Å². The Labute approximate surface area is 130 Å². The van der Waals surface area contributed by atoms with Gasteiger partial charge in [-0.3, -0.25) is 10.1 Å². The second-order valence-corrected chi connectivity index (χ2v) is 7.38. The molecule has 6 heteroatoms. The molecule has 3 saturated carbocycles. The van der Waals surface area contributed by atoms with Gasteiger partial charge in [-0.25, -0.2) is 0 Å². The van der Waals surface area contributed by atoms with E-state index >= 15 is 0 Å². The van der Waals surface area contributed by atoms with Gasteiger partial charge in [-0.2, -0.15) is 0 Å². The molecule has 1 heterocycles. The molecule has 1 spiro atoms. The molecule has 6 atom stereocenters. The lowest BCUT2D eigenvalue weighted by Gasteiger charge is -2.40. The Morgan fingerprint density at radius 3 is 2.32 bits per heavy atom. The van der Waals surface area contributed by atoms with Crippen LogP contribution >= 0.6 is 0 Å². The van der Waals surface area contributed by atoms with Crippen molar-refractivity contribution < 1.29 is 19.1 Å². The highest BCUT2D eigenvalue weighted by molar-refractivity contribution is 5.08. The van der Waals surface area contributed by atoms with Crippen molar-refractivity contribution in [2.24, 2.45) is 23.7 Å². The highest BCUT2D eigenvalue weighted by Gasteiger charge is 2.66. The molecule has 1 aliphatic heterocycles. The minimum absolute atomic E-state index is 0.0984. The molecule has 0 aromatic carbocycles. The van der Waals surface area contributed by atoms with Crippen molar-refractivity contribution in [3.05, 3.63) is 10.1 Å². The third kappa shape index (κ3) is 2.03. The van der Waals surface area contributed by atoms with Gasteiger partial charge in [0.05, 0.1) is 19.3 Å². The van der Waals surface area contributed by atoms with Gasteiger partial charge in [-0.05, 0) is 37.5 Å². The second-order valence-electron chi connectivity index (χ2n) is 7.38. The first-order valence-corrected chi connectivity index (χ1v) is 8.60. The molecular weight excluding hydrogens is 286 g/mol. The number of nitro groups is 1. The minimum atomic E-state index is -0.568. The maximum Gasteiger partial charge on any atom is 0.213 e. The molecule has 6 nitrogen and oxygen atoms in total. The van der Waals surface area contributed by atoms with Crippen LogP contribution in [0, 0.1) is 33.8 Å². The van der Waals surface area contributed by atoms with E-state index in [-0.39, 0.29) is 16.9 Å². The van der Waals surface area contributed by atoms with Crippen LogP contribution in [0.1, 0.15) is 38.5 Å². The van der Waals surface area contributed by atoms with Crippen LogP contribution in [0.2, 0.25) is 0 Å². The van der Waals surface area contributed by atoms with E-state index in [2.05, 4.69) is 0 Å². The van der Waals surface area contributed by atoms with E-state index in [0.717, 1.165) is 25.7 Å². The number of fused-ring (bicyclic) bond motifs is 5. The zero-order valence-electron chi connectivity index (χ0n) is 13.1. The number of methoxy groups -OCH3 is 1. The SMILES string of the molecule is COC1CCC2C3CCC([N+](=O)[O-])CC3C3(OCCO3)C2C1. The van der Waals surface area contributed by atoms with Crippen LogP contribution in [0.4, 0.5) is 0 Å². The normalized spacial score (nSPS) is 46.4. The fraction of sp³-hybridized carbons (Fsp3) is 1.00. The standard InChI is InChI=1S/C16H25NO5/c1-20-11-3-5-13-12-4-2-10(17(18)19)8-14(12)16(15(13)9-11)21-6-7-22-16/h10-15H,2-9H2,1H3. The Kier molecular flexibility index (Phi) is 3.66. The summed E-state index contributed by atoms with van der Waals surface area (Å²) in [5.41, 5.74) is 0. The highest BCUT2D eigenvalue weighted by Crippen LogP contribution is 2.62. The fourth-order valence-electron chi connectivity index (χ4n) is 5.83. The summed E-state index contributed by atoms with van der Waals surface area (Å²) in [7, 11) is 1.78. The molecule has 0 N–H and O–H groups in total. The molecule has 0 aromatic rings. The fourth-order valence-corrected chi connectivity index (χ4v) is 5.83. The van der Waals surface area contributed by atoms with E-state index in [1.54, 1.807) is 7.11 Å². The number of rotatable bonds is 2. The molecule has 4 fully saturated rings. The van der Waals surface area contributed by atoms with Gasteiger partial charge in [0.15, 0.2) is 5.79 Å². The predicted octanol–water partition coefficient (Wildman–Crippen LogP) is 2.24. The van der Waals surface area contributed by atoms with Crippen LogP contribution in [0.15, 0.2) is 0 Å². The monoisotopic (exact) mass is 311 g/mol. The lowest BCUT2D eigenvalue weighted by Crippen LogP contribution is -2.47. The number of ether oxygens (including phenoxy) is 3. The molecule has 1 saturated heterocycles. The third-order valence-electron chi connectivity index (χ3n) is 6.69. The third-order valence-corrected chi connectivity index (χ3v) is 6.69.